The molecule has 0 fully saturated rings. The van der Waals surface area contributed by atoms with E-state index in [0.717, 1.165) is 5.69 Å². The van der Waals surface area contributed by atoms with Crippen LogP contribution in [0.15, 0.2) is 12.1 Å². The third-order valence-corrected chi connectivity index (χ3v) is 3.64. The first kappa shape index (κ1) is 12.7. The third kappa shape index (κ3) is 2.06. The first-order chi connectivity index (χ1) is 9.08. The standard InChI is InChI=1S/C13H9Cl2NO3/c14-6-3-7-11(13(17)18)8-5-19-2-1-10(8)16-12(7)9(15)4-6/h3-4H,1-2,5H2,(H,17,18). The number of rotatable bonds is 1. The van der Waals surface area contributed by atoms with E-state index in [2.05, 4.69) is 4.98 Å². The van der Waals surface area contributed by atoms with Crippen molar-refractivity contribution in [3.05, 3.63) is 39.0 Å². The number of carboxylic acids is 1. The quantitative estimate of drug-likeness (QED) is 0.877. The van der Waals surface area contributed by atoms with Crippen LogP contribution in [0.25, 0.3) is 10.9 Å². The predicted molar refractivity (Wildman–Crippen MR) is 72.1 cm³/mol. The van der Waals surface area contributed by atoms with Crippen molar-refractivity contribution in [1.82, 2.24) is 4.98 Å². The molecule has 0 saturated carbocycles. The Labute approximate surface area is 118 Å². The van der Waals surface area contributed by atoms with Crippen LogP contribution in [-0.4, -0.2) is 22.7 Å². The molecule has 0 aliphatic carbocycles. The Bertz CT molecular complexity index is 700. The number of aromatic nitrogens is 1. The molecule has 0 spiro atoms. The molecule has 2 heterocycles. The molecular weight excluding hydrogens is 289 g/mol. The number of ether oxygens (including phenoxy) is 1. The van der Waals surface area contributed by atoms with E-state index in [1.165, 1.54) is 0 Å². The third-order valence-electron chi connectivity index (χ3n) is 3.14. The lowest BCUT2D eigenvalue weighted by Gasteiger charge is -2.19. The second-order valence-electron chi connectivity index (χ2n) is 4.30. The zero-order valence-corrected chi connectivity index (χ0v) is 11.3. The van der Waals surface area contributed by atoms with Gasteiger partial charge in [-0.3, -0.25) is 4.98 Å². The molecule has 0 bridgehead atoms. The van der Waals surface area contributed by atoms with E-state index in [9.17, 15) is 9.90 Å². The maximum atomic E-state index is 11.5. The summed E-state index contributed by atoms with van der Waals surface area (Å²) < 4.78 is 5.33. The Hall–Kier alpha value is -1.36. The van der Waals surface area contributed by atoms with Gasteiger partial charge in [0.1, 0.15) is 0 Å². The van der Waals surface area contributed by atoms with Gasteiger partial charge in [-0.05, 0) is 12.1 Å². The van der Waals surface area contributed by atoms with E-state index >= 15 is 0 Å². The van der Waals surface area contributed by atoms with Gasteiger partial charge in [0.05, 0.1) is 29.3 Å². The van der Waals surface area contributed by atoms with Gasteiger partial charge in [-0.2, -0.15) is 0 Å². The Morgan fingerprint density at radius 1 is 1.37 bits per heavy atom. The monoisotopic (exact) mass is 297 g/mol. The molecule has 0 amide bonds. The number of hydrogen-bond acceptors (Lipinski definition) is 3. The highest BCUT2D eigenvalue weighted by molar-refractivity contribution is 6.38. The van der Waals surface area contributed by atoms with Crippen molar-refractivity contribution in [2.75, 3.05) is 6.61 Å². The Morgan fingerprint density at radius 2 is 2.16 bits per heavy atom. The summed E-state index contributed by atoms with van der Waals surface area (Å²) in [5.74, 6) is -1.02. The van der Waals surface area contributed by atoms with Gasteiger partial charge < -0.3 is 9.84 Å². The fourth-order valence-electron chi connectivity index (χ4n) is 2.33. The zero-order valence-electron chi connectivity index (χ0n) is 9.74. The van der Waals surface area contributed by atoms with Crippen molar-refractivity contribution < 1.29 is 14.6 Å². The molecule has 6 heteroatoms. The van der Waals surface area contributed by atoms with Crippen molar-refractivity contribution in [3.63, 3.8) is 0 Å². The molecular formula is C13H9Cl2NO3. The SMILES string of the molecule is O=C(O)c1c2c(nc3c(Cl)cc(Cl)cc13)CCOC2. The number of nitrogens with zero attached hydrogens (tertiary/aromatic N) is 1. The number of pyridine rings is 1. The van der Waals surface area contributed by atoms with E-state index in [0.29, 0.717) is 39.5 Å². The van der Waals surface area contributed by atoms with Crippen LogP contribution in [0.3, 0.4) is 0 Å². The summed E-state index contributed by atoms with van der Waals surface area (Å²) in [6.07, 6.45) is 0.588. The summed E-state index contributed by atoms with van der Waals surface area (Å²) in [4.78, 5) is 16.0. The summed E-state index contributed by atoms with van der Waals surface area (Å²) in [5.41, 5.74) is 2.01. The highest BCUT2D eigenvalue weighted by atomic mass is 35.5. The fraction of sp³-hybridized carbons (Fsp3) is 0.231. The molecule has 2 aromatic rings. The average Bonchev–Trinajstić information content (AvgIpc) is 2.36. The van der Waals surface area contributed by atoms with Crippen molar-refractivity contribution in [2.24, 2.45) is 0 Å². The Kier molecular flexibility index (Phi) is 3.09. The van der Waals surface area contributed by atoms with Crippen LogP contribution in [0, 0.1) is 0 Å². The highest BCUT2D eigenvalue weighted by Gasteiger charge is 2.23. The lowest BCUT2D eigenvalue weighted by Crippen LogP contribution is -2.17. The fourth-order valence-corrected chi connectivity index (χ4v) is 2.86. The largest absolute Gasteiger partial charge is 0.478 e. The van der Waals surface area contributed by atoms with Gasteiger partial charge in [0.2, 0.25) is 0 Å². The summed E-state index contributed by atoms with van der Waals surface area (Å²) in [5, 5.41) is 10.7. The molecule has 0 radical (unpaired) electrons. The number of carboxylic acid groups (broad SMARTS) is 1. The van der Waals surface area contributed by atoms with Crippen LogP contribution in [0.4, 0.5) is 0 Å². The molecule has 1 aromatic carbocycles. The number of carbonyl (C=O) groups is 1. The van der Waals surface area contributed by atoms with Crippen molar-refractivity contribution in [3.8, 4) is 0 Å². The zero-order chi connectivity index (χ0) is 13.6. The minimum atomic E-state index is -1.02. The smallest absolute Gasteiger partial charge is 0.336 e. The van der Waals surface area contributed by atoms with Crippen LogP contribution in [0.2, 0.25) is 10.0 Å². The van der Waals surface area contributed by atoms with E-state index in [4.69, 9.17) is 27.9 Å². The van der Waals surface area contributed by atoms with Crippen LogP contribution >= 0.6 is 23.2 Å². The topological polar surface area (TPSA) is 59.4 Å². The van der Waals surface area contributed by atoms with E-state index in [1.807, 2.05) is 0 Å². The Morgan fingerprint density at radius 3 is 2.89 bits per heavy atom. The first-order valence-corrected chi connectivity index (χ1v) is 6.45. The van der Waals surface area contributed by atoms with Crippen LogP contribution in [-0.2, 0) is 17.8 Å². The maximum Gasteiger partial charge on any atom is 0.336 e. The van der Waals surface area contributed by atoms with Gasteiger partial charge in [0.25, 0.3) is 0 Å². The van der Waals surface area contributed by atoms with Crippen LogP contribution < -0.4 is 0 Å². The molecule has 1 aliphatic rings. The van der Waals surface area contributed by atoms with Gasteiger partial charge >= 0.3 is 5.97 Å². The molecule has 3 rings (SSSR count). The van der Waals surface area contributed by atoms with Gasteiger partial charge in [-0.1, -0.05) is 23.2 Å². The first-order valence-electron chi connectivity index (χ1n) is 5.69. The van der Waals surface area contributed by atoms with Crippen molar-refractivity contribution in [2.45, 2.75) is 13.0 Å². The maximum absolute atomic E-state index is 11.5. The van der Waals surface area contributed by atoms with Gasteiger partial charge in [-0.15, -0.1) is 0 Å². The molecule has 1 N–H and O–H groups in total. The van der Waals surface area contributed by atoms with E-state index < -0.39 is 5.97 Å². The lowest BCUT2D eigenvalue weighted by atomic mass is 9.98. The lowest BCUT2D eigenvalue weighted by molar-refractivity contribution is 0.0683. The van der Waals surface area contributed by atoms with Crippen molar-refractivity contribution in [1.29, 1.82) is 0 Å². The highest BCUT2D eigenvalue weighted by Crippen LogP contribution is 2.33. The normalized spacial score (nSPS) is 14.4. The second kappa shape index (κ2) is 4.63. The predicted octanol–water partition coefficient (Wildman–Crippen LogP) is 3.31. The molecule has 98 valence electrons. The molecule has 0 saturated heterocycles. The summed E-state index contributed by atoms with van der Waals surface area (Å²) in [6, 6.07) is 3.14. The Balaban J connectivity index is 2.46. The number of hydrogen-bond donors (Lipinski definition) is 1. The summed E-state index contributed by atoms with van der Waals surface area (Å²) in [7, 11) is 0. The second-order valence-corrected chi connectivity index (χ2v) is 5.15. The molecule has 1 aromatic heterocycles. The summed E-state index contributed by atoms with van der Waals surface area (Å²) >= 11 is 12.1. The summed E-state index contributed by atoms with van der Waals surface area (Å²) in [6.45, 7) is 0.791. The van der Waals surface area contributed by atoms with Crippen LogP contribution in [0.5, 0.6) is 0 Å². The molecule has 19 heavy (non-hydrogen) atoms. The molecule has 0 unspecified atom stereocenters. The number of fused-ring (bicyclic) bond motifs is 2. The average molecular weight is 298 g/mol. The minimum absolute atomic E-state index is 0.184. The van der Waals surface area contributed by atoms with E-state index in [1.54, 1.807) is 12.1 Å². The molecule has 4 nitrogen and oxygen atoms in total. The van der Waals surface area contributed by atoms with Crippen LogP contribution in [0.1, 0.15) is 21.6 Å². The number of aromatic carboxylic acids is 1. The van der Waals surface area contributed by atoms with Gasteiger partial charge in [-0.25, -0.2) is 4.79 Å². The number of benzene rings is 1. The van der Waals surface area contributed by atoms with Crippen molar-refractivity contribution >= 4 is 40.1 Å². The van der Waals surface area contributed by atoms with Gasteiger partial charge in [0.15, 0.2) is 0 Å². The van der Waals surface area contributed by atoms with E-state index in [-0.39, 0.29) is 12.2 Å². The van der Waals surface area contributed by atoms with Gasteiger partial charge in [0, 0.05) is 28.1 Å². The molecule has 1 aliphatic heterocycles. The molecule has 0 atom stereocenters. The minimum Gasteiger partial charge on any atom is -0.478 e. The number of halogens is 2.